The van der Waals surface area contributed by atoms with E-state index < -0.39 is 11.4 Å². The largest absolute Gasteiger partial charge is 0.480 e. The Labute approximate surface area is 102 Å². The molecule has 0 aromatic rings. The Balaban J connectivity index is 2.71. The Bertz CT molecular complexity index is 301. The Hall–Kier alpha value is -1.10. The first-order valence-corrected chi connectivity index (χ1v) is 5.96. The highest BCUT2D eigenvalue weighted by Crippen LogP contribution is 2.32. The van der Waals surface area contributed by atoms with Gasteiger partial charge in [0.25, 0.3) is 0 Å². The van der Waals surface area contributed by atoms with Gasteiger partial charge in [-0.05, 0) is 32.1 Å². The predicted octanol–water partition coefficient (Wildman–Crippen LogP) is 1.03. The molecule has 0 heterocycles. The summed E-state index contributed by atoms with van der Waals surface area (Å²) in [4.78, 5) is 23.4. The fourth-order valence-corrected chi connectivity index (χ4v) is 1.68. The van der Waals surface area contributed by atoms with Gasteiger partial charge >= 0.3 is 5.97 Å². The molecule has 1 aliphatic rings. The van der Waals surface area contributed by atoms with E-state index in [4.69, 9.17) is 4.74 Å². The third-order valence-electron chi connectivity index (χ3n) is 3.57. The summed E-state index contributed by atoms with van der Waals surface area (Å²) in [5, 5.41) is 12.1. The van der Waals surface area contributed by atoms with Crippen LogP contribution in [0.4, 0.5) is 0 Å². The number of carboxylic acid groups (broad SMARTS) is 1. The van der Waals surface area contributed by atoms with Crippen molar-refractivity contribution in [1.82, 2.24) is 5.32 Å². The minimum atomic E-state index is -1.37. The zero-order chi connectivity index (χ0) is 13.1. The van der Waals surface area contributed by atoms with E-state index in [1.165, 1.54) is 6.92 Å². The minimum absolute atomic E-state index is 0.177. The van der Waals surface area contributed by atoms with Crippen molar-refractivity contribution in [2.75, 3.05) is 13.7 Å². The molecule has 0 radical (unpaired) electrons. The third-order valence-corrected chi connectivity index (χ3v) is 3.57. The van der Waals surface area contributed by atoms with E-state index in [0.29, 0.717) is 13.0 Å². The summed E-state index contributed by atoms with van der Waals surface area (Å²) in [6, 6.07) is 0.177. The van der Waals surface area contributed by atoms with Crippen LogP contribution in [0.5, 0.6) is 0 Å². The second-order valence-electron chi connectivity index (χ2n) is 4.94. The molecule has 1 saturated carbocycles. The number of carboxylic acids is 1. The molecular weight excluding hydrogens is 222 g/mol. The van der Waals surface area contributed by atoms with Gasteiger partial charge in [-0.2, -0.15) is 0 Å². The SMILES string of the molecule is COCCC(C)C(C)(C(=O)O)C(=O)NC1CC1. The summed E-state index contributed by atoms with van der Waals surface area (Å²) in [5.41, 5.74) is -1.37. The van der Waals surface area contributed by atoms with Gasteiger partial charge in [0.2, 0.25) is 5.91 Å². The Morgan fingerprint density at radius 1 is 1.53 bits per heavy atom. The van der Waals surface area contributed by atoms with Gasteiger partial charge in [0, 0.05) is 19.8 Å². The van der Waals surface area contributed by atoms with Crippen molar-refractivity contribution >= 4 is 11.9 Å². The van der Waals surface area contributed by atoms with Gasteiger partial charge in [-0.1, -0.05) is 6.92 Å². The molecule has 0 saturated heterocycles. The number of aliphatic carboxylic acids is 1. The summed E-state index contributed by atoms with van der Waals surface area (Å²) in [7, 11) is 1.56. The second kappa shape index (κ2) is 5.49. The average Bonchev–Trinajstić information content (AvgIpc) is 3.07. The van der Waals surface area contributed by atoms with Gasteiger partial charge in [0.05, 0.1) is 0 Å². The van der Waals surface area contributed by atoms with E-state index in [9.17, 15) is 14.7 Å². The first kappa shape index (κ1) is 14.0. The minimum Gasteiger partial charge on any atom is -0.480 e. The number of carbonyl (C=O) groups excluding carboxylic acids is 1. The second-order valence-corrected chi connectivity index (χ2v) is 4.94. The Morgan fingerprint density at radius 2 is 2.12 bits per heavy atom. The zero-order valence-corrected chi connectivity index (χ0v) is 10.7. The van der Waals surface area contributed by atoms with Crippen LogP contribution in [0.25, 0.3) is 0 Å². The van der Waals surface area contributed by atoms with E-state index in [0.717, 1.165) is 12.8 Å². The smallest absolute Gasteiger partial charge is 0.319 e. The highest BCUT2D eigenvalue weighted by Gasteiger charge is 2.47. The van der Waals surface area contributed by atoms with Gasteiger partial charge in [0.1, 0.15) is 5.41 Å². The van der Waals surface area contributed by atoms with Gasteiger partial charge in [-0.15, -0.1) is 0 Å². The van der Waals surface area contributed by atoms with Crippen LogP contribution in [0.1, 0.15) is 33.1 Å². The Morgan fingerprint density at radius 3 is 2.53 bits per heavy atom. The molecule has 0 aliphatic heterocycles. The molecule has 1 aliphatic carbocycles. The summed E-state index contributed by atoms with van der Waals surface area (Å²) >= 11 is 0. The lowest BCUT2D eigenvalue weighted by Gasteiger charge is -2.30. The summed E-state index contributed by atoms with van der Waals surface area (Å²) in [6.07, 6.45) is 2.46. The highest BCUT2D eigenvalue weighted by atomic mass is 16.5. The van der Waals surface area contributed by atoms with Crippen molar-refractivity contribution in [3.63, 3.8) is 0 Å². The number of nitrogens with one attached hydrogen (secondary N) is 1. The van der Waals surface area contributed by atoms with E-state index in [1.54, 1.807) is 14.0 Å². The number of amides is 1. The van der Waals surface area contributed by atoms with Crippen molar-refractivity contribution in [3.8, 4) is 0 Å². The monoisotopic (exact) mass is 243 g/mol. The average molecular weight is 243 g/mol. The first-order chi connectivity index (χ1) is 7.92. The van der Waals surface area contributed by atoms with Gasteiger partial charge in [0.15, 0.2) is 0 Å². The first-order valence-electron chi connectivity index (χ1n) is 5.96. The molecule has 17 heavy (non-hydrogen) atoms. The maximum absolute atomic E-state index is 12.0. The van der Waals surface area contributed by atoms with Gasteiger partial charge < -0.3 is 15.2 Å². The van der Waals surface area contributed by atoms with E-state index >= 15 is 0 Å². The van der Waals surface area contributed by atoms with Gasteiger partial charge in [-0.3, -0.25) is 9.59 Å². The van der Waals surface area contributed by atoms with Crippen LogP contribution < -0.4 is 5.32 Å². The van der Waals surface area contributed by atoms with E-state index in [-0.39, 0.29) is 17.9 Å². The Kier molecular flexibility index (Phi) is 4.51. The van der Waals surface area contributed by atoms with Crippen LogP contribution in [0.3, 0.4) is 0 Å². The fraction of sp³-hybridized carbons (Fsp3) is 0.833. The number of ether oxygens (including phenoxy) is 1. The molecular formula is C12H21NO4. The molecule has 5 nitrogen and oxygen atoms in total. The van der Waals surface area contributed by atoms with Crippen molar-refractivity contribution in [3.05, 3.63) is 0 Å². The standard InChI is InChI=1S/C12H21NO4/c1-8(6-7-17-3)12(2,11(15)16)10(14)13-9-4-5-9/h8-9H,4-7H2,1-3H3,(H,13,14)(H,15,16). The molecule has 2 atom stereocenters. The highest BCUT2D eigenvalue weighted by molar-refractivity contribution is 6.02. The van der Waals surface area contributed by atoms with Crippen LogP contribution in [-0.4, -0.2) is 36.7 Å². The molecule has 1 fully saturated rings. The van der Waals surface area contributed by atoms with Crippen molar-refractivity contribution in [1.29, 1.82) is 0 Å². The van der Waals surface area contributed by atoms with Crippen LogP contribution in [0, 0.1) is 11.3 Å². The molecule has 0 aromatic carbocycles. The lowest BCUT2D eigenvalue weighted by atomic mass is 9.75. The van der Waals surface area contributed by atoms with Crippen LogP contribution in [0.15, 0.2) is 0 Å². The molecule has 0 bridgehead atoms. The number of methoxy groups -OCH3 is 1. The topological polar surface area (TPSA) is 75.6 Å². The maximum atomic E-state index is 12.0. The quantitative estimate of drug-likeness (QED) is 0.655. The van der Waals surface area contributed by atoms with Gasteiger partial charge in [-0.25, -0.2) is 0 Å². The third kappa shape index (κ3) is 3.19. The zero-order valence-electron chi connectivity index (χ0n) is 10.7. The lowest BCUT2D eigenvalue weighted by Crippen LogP contribution is -2.49. The molecule has 5 heteroatoms. The van der Waals surface area contributed by atoms with Crippen LogP contribution in [-0.2, 0) is 14.3 Å². The van der Waals surface area contributed by atoms with E-state index in [2.05, 4.69) is 5.32 Å². The molecule has 0 spiro atoms. The molecule has 2 N–H and O–H groups in total. The summed E-state index contributed by atoms with van der Waals surface area (Å²) < 4.78 is 4.94. The number of rotatable bonds is 7. The predicted molar refractivity (Wildman–Crippen MR) is 62.6 cm³/mol. The lowest BCUT2D eigenvalue weighted by molar-refractivity contribution is -0.158. The molecule has 1 amide bonds. The summed E-state index contributed by atoms with van der Waals surface area (Å²) in [5.74, 6) is -1.71. The molecule has 2 unspecified atom stereocenters. The fourth-order valence-electron chi connectivity index (χ4n) is 1.68. The van der Waals surface area contributed by atoms with Crippen molar-refractivity contribution < 1.29 is 19.4 Å². The van der Waals surface area contributed by atoms with Crippen molar-refractivity contribution in [2.24, 2.45) is 11.3 Å². The van der Waals surface area contributed by atoms with Crippen LogP contribution >= 0.6 is 0 Å². The summed E-state index contributed by atoms with van der Waals surface area (Å²) in [6.45, 7) is 3.73. The van der Waals surface area contributed by atoms with E-state index in [1.807, 2.05) is 0 Å². The van der Waals surface area contributed by atoms with Crippen molar-refractivity contribution in [2.45, 2.75) is 39.2 Å². The maximum Gasteiger partial charge on any atom is 0.319 e. The number of hydrogen-bond donors (Lipinski definition) is 2. The number of carbonyl (C=O) groups is 2. The normalized spacial score (nSPS) is 20.4. The molecule has 1 rings (SSSR count). The molecule has 0 aromatic heterocycles. The number of hydrogen-bond acceptors (Lipinski definition) is 3. The van der Waals surface area contributed by atoms with Crippen LogP contribution in [0.2, 0.25) is 0 Å². The molecule has 98 valence electrons.